The molecular weight excluding hydrogens is 578 g/mol. The summed E-state index contributed by atoms with van der Waals surface area (Å²) in [7, 11) is 0. The summed E-state index contributed by atoms with van der Waals surface area (Å²) < 4.78 is 0. The molecule has 1 fully saturated rings. The second-order valence-corrected chi connectivity index (χ2v) is 11.2. The van der Waals surface area contributed by atoms with Crippen molar-refractivity contribution in [3.63, 3.8) is 0 Å². The van der Waals surface area contributed by atoms with Gasteiger partial charge in [-0.05, 0) is 47.4 Å². The van der Waals surface area contributed by atoms with Gasteiger partial charge in [0.2, 0.25) is 5.91 Å². The van der Waals surface area contributed by atoms with Gasteiger partial charge in [0.25, 0.3) is 11.8 Å². The van der Waals surface area contributed by atoms with Crippen LogP contribution in [0.5, 0.6) is 0 Å². The topological polar surface area (TPSA) is 107 Å². The number of carboxylic acids is 1. The minimum absolute atomic E-state index is 0.0110. The summed E-state index contributed by atoms with van der Waals surface area (Å²) >= 11 is 6.22. The Balaban J connectivity index is 1.43. The van der Waals surface area contributed by atoms with E-state index in [1.54, 1.807) is 59.2 Å². The molecular formula is C35H32ClN3O5. The number of aliphatic carboxylic acids is 1. The van der Waals surface area contributed by atoms with Crippen LogP contribution < -0.4 is 10.2 Å². The molecule has 0 unspecified atom stereocenters. The van der Waals surface area contributed by atoms with E-state index >= 15 is 0 Å². The molecule has 3 amide bonds. The smallest absolute Gasteiger partial charge is 0.326 e. The first-order valence-electron chi connectivity index (χ1n) is 14.2. The number of amides is 3. The molecule has 1 aliphatic heterocycles. The van der Waals surface area contributed by atoms with Crippen LogP contribution in [-0.2, 0) is 27.2 Å². The lowest BCUT2D eigenvalue weighted by molar-refractivity contribution is -0.139. The van der Waals surface area contributed by atoms with Gasteiger partial charge in [-0.3, -0.25) is 19.3 Å². The van der Waals surface area contributed by atoms with Crippen LogP contribution in [0.25, 0.3) is 0 Å². The molecule has 9 heteroatoms. The molecule has 2 N–H and O–H groups in total. The highest BCUT2D eigenvalue weighted by molar-refractivity contribution is 6.34. The number of halogens is 1. The van der Waals surface area contributed by atoms with E-state index in [1.807, 2.05) is 60.7 Å². The van der Waals surface area contributed by atoms with Crippen molar-refractivity contribution < 1.29 is 24.3 Å². The number of benzene rings is 4. The molecule has 0 aromatic heterocycles. The zero-order valence-corrected chi connectivity index (χ0v) is 25.1. The van der Waals surface area contributed by atoms with Crippen LogP contribution in [0, 0.1) is 6.92 Å². The van der Waals surface area contributed by atoms with E-state index in [4.69, 9.17) is 11.6 Å². The van der Waals surface area contributed by atoms with Gasteiger partial charge in [-0.1, -0.05) is 96.5 Å². The molecule has 0 aliphatic carbocycles. The van der Waals surface area contributed by atoms with E-state index in [1.165, 1.54) is 6.92 Å². The van der Waals surface area contributed by atoms with Crippen LogP contribution in [-0.4, -0.2) is 45.8 Å². The van der Waals surface area contributed by atoms with Crippen molar-refractivity contribution in [2.75, 3.05) is 4.90 Å². The summed E-state index contributed by atoms with van der Waals surface area (Å²) in [6.45, 7) is 3.20. The maximum Gasteiger partial charge on any atom is 0.326 e. The van der Waals surface area contributed by atoms with Gasteiger partial charge in [-0.2, -0.15) is 0 Å². The zero-order chi connectivity index (χ0) is 31.4. The monoisotopic (exact) mass is 609 g/mol. The average molecular weight is 610 g/mol. The lowest BCUT2D eigenvalue weighted by atomic mass is 10.0. The van der Waals surface area contributed by atoms with Gasteiger partial charge in [0.1, 0.15) is 18.2 Å². The number of carboxylic acid groups (broad SMARTS) is 1. The molecule has 0 spiro atoms. The van der Waals surface area contributed by atoms with Crippen molar-refractivity contribution in [3.05, 3.63) is 136 Å². The third-order valence-electron chi connectivity index (χ3n) is 7.81. The molecule has 4 aromatic rings. The normalized spacial score (nSPS) is 16.9. The van der Waals surface area contributed by atoms with E-state index in [0.29, 0.717) is 23.2 Å². The quantitative estimate of drug-likeness (QED) is 0.258. The van der Waals surface area contributed by atoms with Gasteiger partial charge in [0.05, 0.1) is 10.6 Å². The fraction of sp³-hybridized carbons (Fsp3) is 0.200. The minimum atomic E-state index is -1.21. The predicted octanol–water partition coefficient (Wildman–Crippen LogP) is 5.58. The Hall–Kier alpha value is -4.95. The molecule has 44 heavy (non-hydrogen) atoms. The Labute approximate surface area is 260 Å². The summed E-state index contributed by atoms with van der Waals surface area (Å²) in [4.78, 5) is 55.4. The average Bonchev–Trinajstić information content (AvgIpc) is 3.29. The summed E-state index contributed by atoms with van der Waals surface area (Å²) in [5.74, 6) is -2.19. The summed E-state index contributed by atoms with van der Waals surface area (Å²) in [6.07, 6.45) is -0.287. The fourth-order valence-electron chi connectivity index (χ4n) is 5.69. The van der Waals surface area contributed by atoms with Crippen molar-refractivity contribution in [1.82, 2.24) is 10.2 Å². The largest absolute Gasteiger partial charge is 0.480 e. The summed E-state index contributed by atoms with van der Waals surface area (Å²) in [5, 5.41) is 12.7. The van der Waals surface area contributed by atoms with Crippen molar-refractivity contribution in [2.45, 2.75) is 44.9 Å². The Kier molecular flexibility index (Phi) is 9.11. The molecule has 8 nitrogen and oxygen atoms in total. The summed E-state index contributed by atoms with van der Waals surface area (Å²) in [5.41, 5.74) is 3.81. The minimum Gasteiger partial charge on any atom is -0.480 e. The Morgan fingerprint density at radius 3 is 2.09 bits per heavy atom. The van der Waals surface area contributed by atoms with E-state index < -0.39 is 30.1 Å². The van der Waals surface area contributed by atoms with Crippen LogP contribution in [0.2, 0.25) is 5.02 Å². The van der Waals surface area contributed by atoms with Gasteiger partial charge in [-0.15, -0.1) is 0 Å². The van der Waals surface area contributed by atoms with Crippen molar-refractivity contribution in [1.29, 1.82) is 0 Å². The second kappa shape index (κ2) is 13.1. The number of carbonyl (C=O) groups is 4. The maximum atomic E-state index is 14.1. The highest BCUT2D eigenvalue weighted by Gasteiger charge is 2.48. The highest BCUT2D eigenvalue weighted by Crippen LogP contribution is 2.39. The Bertz CT molecular complexity index is 1660. The molecule has 4 aromatic carbocycles. The Morgan fingerprint density at radius 2 is 1.50 bits per heavy atom. The number of nitrogens with one attached hydrogen (secondary N) is 1. The third-order valence-corrected chi connectivity index (χ3v) is 8.12. The SMILES string of the molecule is CC(=O)N1[C@H](Cc2ccccc2)C(=O)N(c2ccc(C[C@H](NC(=O)c3c(C)cccc3Cl)C(=O)O)cc2)[C@@H]1c1ccccc1. The lowest BCUT2D eigenvalue weighted by Crippen LogP contribution is -2.42. The fourth-order valence-corrected chi connectivity index (χ4v) is 6.00. The molecule has 0 radical (unpaired) electrons. The Morgan fingerprint density at radius 1 is 0.864 bits per heavy atom. The number of rotatable bonds is 9. The maximum absolute atomic E-state index is 14.1. The molecule has 224 valence electrons. The van der Waals surface area contributed by atoms with Crippen LogP contribution in [0.1, 0.15) is 45.7 Å². The van der Waals surface area contributed by atoms with Crippen molar-refractivity contribution in [3.8, 4) is 0 Å². The van der Waals surface area contributed by atoms with Gasteiger partial charge in [-0.25, -0.2) is 4.79 Å². The third kappa shape index (κ3) is 6.35. The van der Waals surface area contributed by atoms with Crippen LogP contribution in [0.4, 0.5) is 5.69 Å². The van der Waals surface area contributed by atoms with E-state index in [0.717, 1.165) is 11.1 Å². The molecule has 3 atom stereocenters. The molecule has 0 saturated carbocycles. The van der Waals surface area contributed by atoms with Gasteiger partial charge < -0.3 is 15.3 Å². The number of hydrogen-bond acceptors (Lipinski definition) is 4. The van der Waals surface area contributed by atoms with Crippen LogP contribution in [0.3, 0.4) is 0 Å². The van der Waals surface area contributed by atoms with Crippen LogP contribution in [0.15, 0.2) is 103 Å². The first kappa shape index (κ1) is 30.5. The van der Waals surface area contributed by atoms with Crippen LogP contribution >= 0.6 is 11.6 Å². The molecule has 1 saturated heterocycles. The first-order valence-corrected chi connectivity index (χ1v) is 14.6. The zero-order valence-electron chi connectivity index (χ0n) is 24.3. The predicted molar refractivity (Wildman–Crippen MR) is 168 cm³/mol. The first-order chi connectivity index (χ1) is 21.2. The van der Waals surface area contributed by atoms with Gasteiger partial charge in [0.15, 0.2) is 0 Å². The summed E-state index contributed by atoms with van der Waals surface area (Å²) in [6, 6.07) is 29.0. The van der Waals surface area contributed by atoms with Gasteiger partial charge in [0, 0.05) is 25.5 Å². The lowest BCUT2D eigenvalue weighted by Gasteiger charge is -2.31. The van der Waals surface area contributed by atoms with E-state index in [-0.39, 0.29) is 28.8 Å². The standard InChI is InChI=1S/C35H32ClN3O5/c1-22-10-9-15-28(36)31(22)32(41)37-29(35(43)44)20-25-16-18-27(19-17-25)39-33(26-13-7-4-8-14-26)38(23(2)40)30(34(39)42)21-24-11-5-3-6-12-24/h3-19,29-30,33H,20-21H2,1-2H3,(H,37,41)(H,43,44)/t29-,30+,33+/m0/s1. The number of nitrogens with zero attached hydrogens (tertiary/aromatic N) is 2. The molecule has 1 aliphatic rings. The van der Waals surface area contributed by atoms with Gasteiger partial charge >= 0.3 is 5.97 Å². The van der Waals surface area contributed by atoms with E-state index in [2.05, 4.69) is 5.32 Å². The van der Waals surface area contributed by atoms with E-state index in [9.17, 15) is 24.3 Å². The van der Waals surface area contributed by atoms with Crippen molar-refractivity contribution >= 4 is 41.0 Å². The second-order valence-electron chi connectivity index (χ2n) is 10.8. The number of aryl methyl sites for hydroxylation is 1. The number of anilines is 1. The molecule has 1 heterocycles. The molecule has 0 bridgehead atoms. The highest BCUT2D eigenvalue weighted by atomic mass is 35.5. The number of carbonyl (C=O) groups excluding carboxylic acids is 3. The number of hydrogen-bond donors (Lipinski definition) is 2. The van der Waals surface area contributed by atoms with Crippen molar-refractivity contribution in [2.24, 2.45) is 0 Å². The molecule has 5 rings (SSSR count).